The zero-order chi connectivity index (χ0) is 16.4. The molecule has 0 unspecified atom stereocenters. The van der Waals surface area contributed by atoms with Crippen LogP contribution in [0, 0.1) is 13.8 Å². The van der Waals surface area contributed by atoms with Gasteiger partial charge in [0.25, 0.3) is 0 Å². The number of carbonyl (C=O) groups excluding carboxylic acids is 1. The van der Waals surface area contributed by atoms with Crippen LogP contribution in [-0.2, 0) is 11.2 Å². The zero-order valence-corrected chi connectivity index (χ0v) is 15.5. The maximum absolute atomic E-state index is 12.1. The van der Waals surface area contributed by atoms with Crippen molar-refractivity contribution >= 4 is 55.7 Å². The van der Waals surface area contributed by atoms with Crippen LogP contribution in [0.5, 0.6) is 0 Å². The van der Waals surface area contributed by atoms with Crippen molar-refractivity contribution in [3.05, 3.63) is 27.8 Å². The van der Waals surface area contributed by atoms with E-state index in [0.29, 0.717) is 10.9 Å². The number of aryl methyl sites for hydroxylation is 3. The molecule has 0 radical (unpaired) electrons. The maximum atomic E-state index is 12.1. The Hall–Kier alpha value is -1.51. The quantitative estimate of drug-likeness (QED) is 0.546. The van der Waals surface area contributed by atoms with Crippen LogP contribution < -0.4 is 5.32 Å². The predicted molar refractivity (Wildman–Crippen MR) is 97.7 cm³/mol. The highest BCUT2D eigenvalue weighted by Gasteiger charge is 2.16. The number of anilines is 1. The number of thiazole rings is 1. The number of nitrogens with one attached hydrogen (secondary N) is 1. The van der Waals surface area contributed by atoms with E-state index in [0.717, 1.165) is 27.5 Å². The van der Waals surface area contributed by atoms with Gasteiger partial charge in [0.2, 0.25) is 5.91 Å². The first-order chi connectivity index (χ1) is 11.1. The van der Waals surface area contributed by atoms with Crippen molar-refractivity contribution in [2.75, 3.05) is 11.1 Å². The zero-order valence-electron chi connectivity index (χ0n) is 13.0. The number of rotatable bonds is 5. The number of carbonyl (C=O) groups is 1. The van der Waals surface area contributed by atoms with Gasteiger partial charge in [-0.1, -0.05) is 18.7 Å². The van der Waals surface area contributed by atoms with Gasteiger partial charge < -0.3 is 5.32 Å². The van der Waals surface area contributed by atoms with Crippen molar-refractivity contribution in [3.8, 4) is 0 Å². The topological polar surface area (TPSA) is 67.8 Å². The lowest BCUT2D eigenvalue weighted by Crippen LogP contribution is -2.14. The molecule has 0 atom stereocenters. The molecule has 3 rings (SSSR count). The van der Waals surface area contributed by atoms with Crippen molar-refractivity contribution in [2.24, 2.45) is 0 Å². The summed E-state index contributed by atoms with van der Waals surface area (Å²) in [6.45, 7) is 6.22. The first-order valence-electron chi connectivity index (χ1n) is 7.17. The van der Waals surface area contributed by atoms with Gasteiger partial charge in [-0.2, -0.15) is 0 Å². The Morgan fingerprint density at radius 1 is 1.35 bits per heavy atom. The van der Waals surface area contributed by atoms with Crippen LogP contribution in [-0.4, -0.2) is 26.6 Å². The Balaban J connectivity index is 1.82. The summed E-state index contributed by atoms with van der Waals surface area (Å²) in [5.41, 5.74) is 1.20. The summed E-state index contributed by atoms with van der Waals surface area (Å²) >= 11 is 4.56. The Kier molecular flexibility index (Phi) is 4.93. The van der Waals surface area contributed by atoms with E-state index in [1.807, 2.05) is 12.3 Å². The summed E-state index contributed by atoms with van der Waals surface area (Å²) in [7, 11) is 0. The highest BCUT2D eigenvalue weighted by molar-refractivity contribution is 8.00. The average Bonchev–Trinajstić information content (AvgIpc) is 3.13. The van der Waals surface area contributed by atoms with Crippen molar-refractivity contribution < 1.29 is 4.79 Å². The first-order valence-corrected chi connectivity index (χ1v) is 9.85. The third kappa shape index (κ3) is 3.54. The second-order valence-corrected chi connectivity index (χ2v) is 8.00. The van der Waals surface area contributed by atoms with E-state index in [1.165, 1.54) is 33.5 Å². The molecule has 0 spiro atoms. The normalized spacial score (nSPS) is 11.1. The monoisotopic (exact) mass is 364 g/mol. The number of nitrogens with zero attached hydrogens (tertiary/aromatic N) is 3. The highest BCUT2D eigenvalue weighted by atomic mass is 32.2. The van der Waals surface area contributed by atoms with Gasteiger partial charge in [0.05, 0.1) is 5.75 Å². The van der Waals surface area contributed by atoms with Crippen LogP contribution in [0.15, 0.2) is 16.6 Å². The van der Waals surface area contributed by atoms with Gasteiger partial charge in [-0.15, -0.1) is 22.7 Å². The molecule has 5 nitrogen and oxygen atoms in total. The van der Waals surface area contributed by atoms with Gasteiger partial charge in [0, 0.05) is 28.3 Å². The molecule has 8 heteroatoms. The van der Waals surface area contributed by atoms with E-state index >= 15 is 0 Å². The summed E-state index contributed by atoms with van der Waals surface area (Å²) in [5.74, 6) is 1.06. The summed E-state index contributed by atoms with van der Waals surface area (Å²) in [6, 6.07) is 0. The molecule has 0 saturated heterocycles. The van der Waals surface area contributed by atoms with Crippen LogP contribution in [0.2, 0.25) is 0 Å². The van der Waals surface area contributed by atoms with Crippen LogP contribution in [0.3, 0.4) is 0 Å². The Bertz CT molecular complexity index is 842. The van der Waals surface area contributed by atoms with E-state index in [1.54, 1.807) is 17.5 Å². The van der Waals surface area contributed by atoms with Gasteiger partial charge >= 0.3 is 0 Å². The molecule has 0 fully saturated rings. The molecule has 0 aliphatic heterocycles. The molecule has 120 valence electrons. The van der Waals surface area contributed by atoms with Crippen LogP contribution in [0.4, 0.5) is 5.13 Å². The molecule has 3 heterocycles. The molecule has 3 aromatic rings. The van der Waals surface area contributed by atoms with Gasteiger partial charge in [-0.25, -0.2) is 15.0 Å². The number of thioether (sulfide) groups is 1. The van der Waals surface area contributed by atoms with Crippen LogP contribution in [0.1, 0.15) is 23.2 Å². The minimum absolute atomic E-state index is 0.0700. The van der Waals surface area contributed by atoms with E-state index in [9.17, 15) is 4.79 Å². The Morgan fingerprint density at radius 2 is 2.17 bits per heavy atom. The maximum Gasteiger partial charge on any atom is 0.236 e. The molecule has 23 heavy (non-hydrogen) atoms. The molecule has 0 saturated carbocycles. The Labute approximate surface area is 146 Å². The number of aromatic nitrogens is 3. The fourth-order valence-electron chi connectivity index (χ4n) is 2.09. The van der Waals surface area contributed by atoms with Crippen molar-refractivity contribution in [2.45, 2.75) is 32.2 Å². The third-order valence-electron chi connectivity index (χ3n) is 3.38. The minimum Gasteiger partial charge on any atom is -0.301 e. The lowest BCUT2D eigenvalue weighted by atomic mass is 10.2. The molecule has 1 N–H and O–H groups in total. The second kappa shape index (κ2) is 6.94. The molecule has 1 amide bonds. The SMILES string of the molecule is CCc1nc(SCC(=O)Nc2nccs2)c2c(C)c(C)sc2n1. The molecule has 0 aromatic carbocycles. The van der Waals surface area contributed by atoms with Gasteiger partial charge in [0.1, 0.15) is 15.7 Å². The fourth-order valence-corrected chi connectivity index (χ4v) is 4.65. The van der Waals surface area contributed by atoms with Crippen molar-refractivity contribution in [3.63, 3.8) is 0 Å². The van der Waals surface area contributed by atoms with E-state index in [4.69, 9.17) is 0 Å². The predicted octanol–water partition coefficient (Wildman–Crippen LogP) is 4.06. The number of hydrogen-bond donors (Lipinski definition) is 1. The molecular weight excluding hydrogens is 348 g/mol. The smallest absolute Gasteiger partial charge is 0.236 e. The minimum atomic E-state index is -0.0700. The lowest BCUT2D eigenvalue weighted by molar-refractivity contribution is -0.113. The molecule has 0 aliphatic carbocycles. The van der Waals surface area contributed by atoms with Gasteiger partial charge in [-0.3, -0.25) is 4.79 Å². The number of amides is 1. The van der Waals surface area contributed by atoms with Crippen molar-refractivity contribution in [1.29, 1.82) is 0 Å². The highest BCUT2D eigenvalue weighted by Crippen LogP contribution is 2.35. The largest absolute Gasteiger partial charge is 0.301 e. The van der Waals surface area contributed by atoms with Crippen molar-refractivity contribution in [1.82, 2.24) is 15.0 Å². The summed E-state index contributed by atoms with van der Waals surface area (Å²) in [5, 5.41) is 7.23. The van der Waals surface area contributed by atoms with E-state index in [-0.39, 0.29) is 5.91 Å². The van der Waals surface area contributed by atoms with Crippen LogP contribution >= 0.6 is 34.4 Å². The first kappa shape index (κ1) is 16.4. The number of fused-ring (bicyclic) bond motifs is 1. The number of hydrogen-bond acceptors (Lipinski definition) is 7. The third-order valence-corrected chi connectivity index (χ3v) is 6.14. The lowest BCUT2D eigenvalue weighted by Gasteiger charge is -2.06. The van der Waals surface area contributed by atoms with E-state index < -0.39 is 0 Å². The standard InChI is InChI=1S/C15H16N4OS3/c1-4-10-17-13(12-8(2)9(3)23-14(12)18-10)22-7-11(20)19-15-16-5-6-21-15/h5-6H,4,7H2,1-3H3,(H,16,19,20). The average molecular weight is 365 g/mol. The summed E-state index contributed by atoms with van der Waals surface area (Å²) in [6.07, 6.45) is 2.46. The van der Waals surface area contributed by atoms with Crippen LogP contribution in [0.25, 0.3) is 10.2 Å². The number of thiophene rings is 1. The summed E-state index contributed by atoms with van der Waals surface area (Å²) < 4.78 is 0. The molecule has 3 aromatic heterocycles. The second-order valence-electron chi connectivity index (χ2n) is 4.94. The van der Waals surface area contributed by atoms with Gasteiger partial charge in [-0.05, 0) is 19.4 Å². The molecule has 0 aliphatic rings. The molecule has 0 bridgehead atoms. The fraction of sp³-hybridized carbons (Fsp3) is 0.333. The molecular formula is C15H16N4OS3. The van der Waals surface area contributed by atoms with E-state index in [2.05, 4.69) is 34.1 Å². The summed E-state index contributed by atoms with van der Waals surface area (Å²) in [4.78, 5) is 27.6. The van der Waals surface area contributed by atoms with Gasteiger partial charge in [0.15, 0.2) is 5.13 Å². The Morgan fingerprint density at radius 3 is 2.87 bits per heavy atom.